The van der Waals surface area contributed by atoms with Crippen LogP contribution in [0, 0.1) is 0 Å². The van der Waals surface area contributed by atoms with Crippen LogP contribution in [-0.4, -0.2) is 22.3 Å². The number of hydrogen-bond acceptors (Lipinski definition) is 3. The summed E-state index contributed by atoms with van der Waals surface area (Å²) in [4.78, 5) is 12.2. The Labute approximate surface area is 150 Å². The van der Waals surface area contributed by atoms with Gasteiger partial charge in [-0.05, 0) is 16.8 Å². The number of rotatable bonds is 4. The zero-order chi connectivity index (χ0) is 17.8. The number of nitrogens with zero attached hydrogens (tertiary/aromatic N) is 2. The zero-order valence-corrected chi connectivity index (χ0v) is 13.9. The van der Waals surface area contributed by atoms with Gasteiger partial charge in [-0.2, -0.15) is 10.2 Å². The predicted octanol–water partition coefficient (Wildman–Crippen LogP) is 3.99. The highest BCUT2D eigenvalue weighted by Crippen LogP contribution is 2.18. The molecule has 0 bridgehead atoms. The van der Waals surface area contributed by atoms with Gasteiger partial charge < -0.3 is 0 Å². The van der Waals surface area contributed by atoms with Crippen molar-refractivity contribution in [3.05, 3.63) is 90.1 Å². The van der Waals surface area contributed by atoms with Crippen LogP contribution < -0.4 is 5.43 Å². The minimum absolute atomic E-state index is 0.337. The predicted molar refractivity (Wildman–Crippen MR) is 103 cm³/mol. The van der Waals surface area contributed by atoms with Gasteiger partial charge in [0.2, 0.25) is 0 Å². The second-order valence-corrected chi connectivity index (χ2v) is 5.80. The average Bonchev–Trinajstić information content (AvgIpc) is 3.19. The van der Waals surface area contributed by atoms with E-state index in [9.17, 15) is 4.79 Å². The molecule has 126 valence electrons. The molecule has 0 aliphatic rings. The zero-order valence-electron chi connectivity index (χ0n) is 13.9. The second-order valence-electron chi connectivity index (χ2n) is 5.80. The average molecular weight is 340 g/mol. The number of H-pyrrole nitrogens is 1. The highest BCUT2D eigenvalue weighted by Gasteiger charge is 2.10. The quantitative estimate of drug-likeness (QED) is 0.435. The maximum atomic E-state index is 12.2. The molecule has 0 atom stereocenters. The molecule has 0 aliphatic heterocycles. The summed E-state index contributed by atoms with van der Waals surface area (Å²) in [6, 6.07) is 25.4. The molecule has 0 saturated heterocycles. The number of fused-ring (bicyclic) bond motifs is 1. The van der Waals surface area contributed by atoms with E-state index in [0.29, 0.717) is 11.4 Å². The van der Waals surface area contributed by atoms with Crippen molar-refractivity contribution in [3.8, 4) is 11.3 Å². The molecule has 1 heterocycles. The second kappa shape index (κ2) is 7.03. The molecule has 4 aromatic rings. The third kappa shape index (κ3) is 3.23. The number of hydrazone groups is 1. The monoisotopic (exact) mass is 340 g/mol. The smallest absolute Gasteiger partial charge is 0.272 e. The van der Waals surface area contributed by atoms with E-state index in [1.807, 2.05) is 72.8 Å². The van der Waals surface area contributed by atoms with Gasteiger partial charge >= 0.3 is 0 Å². The third-order valence-corrected chi connectivity index (χ3v) is 4.09. The van der Waals surface area contributed by atoms with Crippen LogP contribution in [0.2, 0.25) is 0 Å². The van der Waals surface area contributed by atoms with Crippen molar-refractivity contribution in [2.24, 2.45) is 5.10 Å². The van der Waals surface area contributed by atoms with Gasteiger partial charge in [0.05, 0.1) is 11.9 Å². The first-order valence-electron chi connectivity index (χ1n) is 8.23. The molecule has 1 aromatic heterocycles. The first-order chi connectivity index (χ1) is 12.8. The van der Waals surface area contributed by atoms with Gasteiger partial charge in [-0.25, -0.2) is 5.43 Å². The minimum Gasteiger partial charge on any atom is -0.272 e. The van der Waals surface area contributed by atoms with Crippen molar-refractivity contribution in [3.63, 3.8) is 0 Å². The van der Waals surface area contributed by atoms with Crippen LogP contribution in [0.15, 0.2) is 84.0 Å². The van der Waals surface area contributed by atoms with Gasteiger partial charge in [-0.1, -0.05) is 72.8 Å². The summed E-state index contributed by atoms with van der Waals surface area (Å²) in [5, 5.41) is 13.2. The standard InChI is InChI=1S/C21H16N4O/c26-21(20-13-19(23-24-20)16-8-2-1-3-9-16)25-22-14-17-11-6-10-15-7-4-5-12-18(15)17/h1-14H,(H,23,24)(H,25,26). The van der Waals surface area contributed by atoms with Gasteiger partial charge in [-0.3, -0.25) is 9.89 Å². The Kier molecular flexibility index (Phi) is 4.26. The molecule has 26 heavy (non-hydrogen) atoms. The molecule has 0 unspecified atom stereocenters. The lowest BCUT2D eigenvalue weighted by Crippen LogP contribution is -2.18. The number of hydrogen-bond donors (Lipinski definition) is 2. The molecule has 3 aromatic carbocycles. The van der Waals surface area contributed by atoms with Gasteiger partial charge in [-0.15, -0.1) is 0 Å². The largest absolute Gasteiger partial charge is 0.289 e. The summed E-state index contributed by atoms with van der Waals surface area (Å²) in [6.45, 7) is 0. The summed E-state index contributed by atoms with van der Waals surface area (Å²) < 4.78 is 0. The van der Waals surface area contributed by atoms with E-state index in [0.717, 1.165) is 21.9 Å². The Bertz CT molecular complexity index is 1080. The number of nitrogens with one attached hydrogen (secondary N) is 2. The van der Waals surface area contributed by atoms with Crippen LogP contribution in [0.3, 0.4) is 0 Å². The van der Waals surface area contributed by atoms with Crippen molar-refractivity contribution >= 4 is 22.9 Å². The minimum atomic E-state index is -0.337. The molecule has 2 N–H and O–H groups in total. The van der Waals surface area contributed by atoms with Crippen LogP contribution in [0.4, 0.5) is 0 Å². The molecular formula is C21H16N4O. The molecule has 0 fully saturated rings. The fourth-order valence-corrected chi connectivity index (χ4v) is 2.78. The summed E-state index contributed by atoms with van der Waals surface area (Å²) in [7, 11) is 0. The fourth-order valence-electron chi connectivity index (χ4n) is 2.78. The Morgan fingerprint density at radius 2 is 1.73 bits per heavy atom. The first kappa shape index (κ1) is 15.8. The van der Waals surface area contributed by atoms with E-state index in [1.165, 1.54) is 0 Å². The van der Waals surface area contributed by atoms with E-state index < -0.39 is 0 Å². The highest BCUT2D eigenvalue weighted by molar-refractivity contribution is 6.00. The summed E-state index contributed by atoms with van der Waals surface area (Å²) >= 11 is 0. The normalized spacial score (nSPS) is 11.1. The lowest BCUT2D eigenvalue weighted by Gasteiger charge is -2.01. The molecule has 0 saturated carbocycles. The van der Waals surface area contributed by atoms with Gasteiger partial charge in [0.25, 0.3) is 5.91 Å². The van der Waals surface area contributed by atoms with Crippen LogP contribution in [-0.2, 0) is 0 Å². The number of benzene rings is 3. The van der Waals surface area contributed by atoms with Crippen LogP contribution in [0.1, 0.15) is 16.1 Å². The van der Waals surface area contributed by atoms with Crippen LogP contribution >= 0.6 is 0 Å². The fraction of sp³-hybridized carbons (Fsp3) is 0. The van der Waals surface area contributed by atoms with E-state index >= 15 is 0 Å². The molecule has 0 spiro atoms. The molecule has 4 rings (SSSR count). The number of aromatic nitrogens is 2. The van der Waals surface area contributed by atoms with Crippen molar-refractivity contribution in [1.82, 2.24) is 15.6 Å². The topological polar surface area (TPSA) is 70.1 Å². The third-order valence-electron chi connectivity index (χ3n) is 4.09. The van der Waals surface area contributed by atoms with Crippen molar-refractivity contribution in [1.29, 1.82) is 0 Å². The SMILES string of the molecule is O=C(NN=Cc1cccc2ccccc12)c1cc(-c2ccccc2)n[nH]1. The van der Waals surface area contributed by atoms with Gasteiger partial charge in [0.15, 0.2) is 0 Å². The lowest BCUT2D eigenvalue weighted by molar-refractivity contribution is 0.0950. The molecular weight excluding hydrogens is 324 g/mol. The molecule has 1 amide bonds. The Morgan fingerprint density at radius 1 is 0.962 bits per heavy atom. The molecule has 0 radical (unpaired) electrons. The van der Waals surface area contributed by atoms with E-state index in [1.54, 1.807) is 12.3 Å². The Balaban J connectivity index is 1.49. The molecule has 5 heteroatoms. The molecule has 5 nitrogen and oxygen atoms in total. The highest BCUT2D eigenvalue weighted by atomic mass is 16.2. The Morgan fingerprint density at radius 3 is 2.62 bits per heavy atom. The van der Waals surface area contributed by atoms with E-state index in [4.69, 9.17) is 0 Å². The van der Waals surface area contributed by atoms with Crippen molar-refractivity contribution < 1.29 is 4.79 Å². The molecule has 0 aliphatic carbocycles. The Hall–Kier alpha value is -3.73. The van der Waals surface area contributed by atoms with E-state index in [-0.39, 0.29) is 5.91 Å². The van der Waals surface area contributed by atoms with Crippen molar-refractivity contribution in [2.75, 3.05) is 0 Å². The maximum absolute atomic E-state index is 12.2. The number of carbonyl (C=O) groups excluding carboxylic acids is 1. The number of amides is 1. The maximum Gasteiger partial charge on any atom is 0.289 e. The van der Waals surface area contributed by atoms with E-state index in [2.05, 4.69) is 20.7 Å². The summed E-state index contributed by atoms with van der Waals surface area (Å²) in [5.74, 6) is -0.337. The number of carbonyl (C=O) groups is 1. The van der Waals surface area contributed by atoms with Crippen LogP contribution in [0.25, 0.3) is 22.0 Å². The lowest BCUT2D eigenvalue weighted by atomic mass is 10.1. The number of aromatic amines is 1. The van der Waals surface area contributed by atoms with Gasteiger partial charge in [0.1, 0.15) is 5.69 Å². The van der Waals surface area contributed by atoms with Crippen LogP contribution in [0.5, 0.6) is 0 Å². The first-order valence-corrected chi connectivity index (χ1v) is 8.23. The summed E-state index contributed by atoms with van der Waals surface area (Å²) in [5.41, 5.74) is 5.50. The van der Waals surface area contributed by atoms with Crippen molar-refractivity contribution in [2.45, 2.75) is 0 Å². The summed E-state index contributed by atoms with van der Waals surface area (Å²) in [6.07, 6.45) is 1.65. The van der Waals surface area contributed by atoms with Gasteiger partial charge in [0, 0.05) is 11.1 Å².